The van der Waals surface area contributed by atoms with Crippen molar-refractivity contribution in [1.82, 2.24) is 10.2 Å². The fourth-order valence-corrected chi connectivity index (χ4v) is 6.67. The molecular weight excluding hydrogens is 437 g/mol. The van der Waals surface area contributed by atoms with Crippen LogP contribution in [0.1, 0.15) is 55.4 Å². The number of carbonyl (C=O) groups is 1. The smallest absolute Gasteiger partial charge is 0.386 e. The van der Waals surface area contributed by atoms with Crippen molar-refractivity contribution in [1.29, 1.82) is 0 Å². The molecule has 6 nitrogen and oxygen atoms in total. The molecule has 3 aliphatic heterocycles. The van der Waals surface area contributed by atoms with Crippen LogP contribution in [0.2, 0.25) is 0 Å². The molecule has 1 aromatic carbocycles. The van der Waals surface area contributed by atoms with Gasteiger partial charge in [0.2, 0.25) is 5.91 Å². The van der Waals surface area contributed by atoms with Gasteiger partial charge in [0.25, 0.3) is 0 Å². The summed E-state index contributed by atoms with van der Waals surface area (Å²) in [6.07, 6.45) is -2.44. The highest BCUT2D eigenvalue weighted by Gasteiger charge is 2.62. The van der Waals surface area contributed by atoms with Gasteiger partial charge in [-0.3, -0.25) is 4.79 Å². The Balaban J connectivity index is 1.37. The fraction of sp³-hybridized carbons (Fsp3) is 0.708. The highest BCUT2D eigenvalue weighted by molar-refractivity contribution is 5.87. The quantitative estimate of drug-likeness (QED) is 0.714. The van der Waals surface area contributed by atoms with Crippen molar-refractivity contribution in [3.8, 4) is 0 Å². The van der Waals surface area contributed by atoms with Crippen molar-refractivity contribution in [3.05, 3.63) is 34.9 Å². The number of hydrogen-bond acceptors (Lipinski definition) is 5. The molecule has 1 aliphatic carbocycles. The minimum Gasteiger partial charge on any atom is -0.386 e. The molecule has 1 spiro atoms. The van der Waals surface area contributed by atoms with Gasteiger partial charge in [-0.15, -0.1) is 0 Å². The van der Waals surface area contributed by atoms with Crippen LogP contribution < -0.4 is 5.32 Å². The molecule has 9 heteroatoms. The number of alkyl halides is 3. The van der Waals surface area contributed by atoms with Crippen molar-refractivity contribution in [2.24, 2.45) is 11.3 Å². The highest BCUT2D eigenvalue weighted by Crippen LogP contribution is 2.56. The van der Waals surface area contributed by atoms with Gasteiger partial charge >= 0.3 is 6.18 Å². The lowest BCUT2D eigenvalue weighted by Crippen LogP contribution is -2.51. The number of aliphatic hydroxyl groups excluding tert-OH is 1. The lowest BCUT2D eigenvalue weighted by atomic mass is 9.72. The Hall–Kier alpha value is -1.68. The Morgan fingerprint density at radius 1 is 1.30 bits per heavy atom. The summed E-state index contributed by atoms with van der Waals surface area (Å²) in [5, 5.41) is 14.8. The average molecular weight is 469 g/mol. The zero-order chi connectivity index (χ0) is 23.5. The van der Waals surface area contributed by atoms with Gasteiger partial charge in [0.1, 0.15) is 6.10 Å². The van der Waals surface area contributed by atoms with Gasteiger partial charge in [-0.25, -0.2) is 0 Å². The lowest BCUT2D eigenvalue weighted by Gasteiger charge is -2.37. The Bertz CT molecular complexity index is 925. The highest BCUT2D eigenvalue weighted by atomic mass is 19.4. The van der Waals surface area contributed by atoms with E-state index < -0.39 is 29.3 Å². The molecule has 33 heavy (non-hydrogen) atoms. The maximum atomic E-state index is 13.7. The molecule has 4 aliphatic rings. The zero-order valence-electron chi connectivity index (χ0n) is 18.9. The number of carbonyl (C=O) groups excluding carboxylic acids is 1. The SMILES string of the molecule is CO[C@@H]1COCC[C@@H]1N[C@@H]1CC[C@@]2(C1)C(=O)N1Cc3cc(C(F)(F)F)ccc3C(O)C1C2C. The van der Waals surface area contributed by atoms with E-state index in [1.807, 2.05) is 6.92 Å². The number of amides is 1. The molecule has 1 saturated carbocycles. The summed E-state index contributed by atoms with van der Waals surface area (Å²) in [4.78, 5) is 15.3. The number of methoxy groups -OCH3 is 1. The topological polar surface area (TPSA) is 71.0 Å². The molecule has 2 saturated heterocycles. The predicted octanol–water partition coefficient (Wildman–Crippen LogP) is 3.03. The average Bonchev–Trinajstić information content (AvgIpc) is 3.30. The molecule has 3 heterocycles. The molecule has 1 aromatic rings. The maximum Gasteiger partial charge on any atom is 0.416 e. The number of fused-ring (bicyclic) bond motifs is 2. The Kier molecular flexibility index (Phi) is 5.75. The summed E-state index contributed by atoms with van der Waals surface area (Å²) in [6.45, 7) is 3.33. The molecule has 2 N–H and O–H groups in total. The van der Waals surface area contributed by atoms with Crippen LogP contribution in [-0.4, -0.2) is 60.5 Å². The summed E-state index contributed by atoms with van der Waals surface area (Å²) in [5.41, 5.74) is -0.482. The third-order valence-electron chi connectivity index (χ3n) is 8.49. The van der Waals surface area contributed by atoms with Crippen molar-refractivity contribution in [2.45, 2.75) is 75.7 Å². The van der Waals surface area contributed by atoms with Gasteiger partial charge < -0.3 is 24.8 Å². The van der Waals surface area contributed by atoms with E-state index in [0.717, 1.165) is 25.0 Å². The molecule has 182 valence electrons. The number of benzene rings is 1. The van der Waals surface area contributed by atoms with Crippen molar-refractivity contribution in [3.63, 3.8) is 0 Å². The van der Waals surface area contributed by atoms with Crippen LogP contribution in [0.3, 0.4) is 0 Å². The van der Waals surface area contributed by atoms with E-state index in [2.05, 4.69) is 5.32 Å². The van der Waals surface area contributed by atoms with Crippen LogP contribution in [0.4, 0.5) is 13.2 Å². The summed E-state index contributed by atoms with van der Waals surface area (Å²) in [6, 6.07) is 3.35. The van der Waals surface area contributed by atoms with Crippen molar-refractivity contribution in [2.75, 3.05) is 20.3 Å². The second-order valence-corrected chi connectivity index (χ2v) is 10.1. The van der Waals surface area contributed by atoms with E-state index in [1.54, 1.807) is 12.0 Å². The van der Waals surface area contributed by atoms with E-state index in [-0.39, 0.29) is 36.6 Å². The first-order valence-electron chi connectivity index (χ1n) is 11.7. The minimum atomic E-state index is -4.46. The number of nitrogens with zero attached hydrogens (tertiary/aromatic N) is 1. The van der Waals surface area contributed by atoms with Crippen LogP contribution in [0, 0.1) is 11.3 Å². The number of hydrogen-bond donors (Lipinski definition) is 2. The zero-order valence-corrected chi connectivity index (χ0v) is 18.9. The molecular formula is C24H31F3N2O4. The Labute approximate surface area is 191 Å². The summed E-state index contributed by atoms with van der Waals surface area (Å²) < 4.78 is 50.7. The molecule has 7 atom stereocenters. The van der Waals surface area contributed by atoms with E-state index in [1.165, 1.54) is 6.07 Å². The number of ether oxygens (including phenoxy) is 2. The first-order valence-corrected chi connectivity index (χ1v) is 11.7. The molecule has 0 radical (unpaired) electrons. The van der Waals surface area contributed by atoms with Crippen LogP contribution in [-0.2, 0) is 27.0 Å². The largest absolute Gasteiger partial charge is 0.416 e. The first-order chi connectivity index (χ1) is 15.7. The predicted molar refractivity (Wildman–Crippen MR) is 113 cm³/mol. The van der Waals surface area contributed by atoms with E-state index in [0.29, 0.717) is 37.2 Å². The molecule has 0 bridgehead atoms. The monoisotopic (exact) mass is 468 g/mol. The molecule has 3 fully saturated rings. The lowest BCUT2D eigenvalue weighted by molar-refractivity contribution is -0.139. The van der Waals surface area contributed by atoms with Crippen LogP contribution in [0.15, 0.2) is 18.2 Å². The third kappa shape index (κ3) is 3.68. The molecule has 1 amide bonds. The van der Waals surface area contributed by atoms with E-state index >= 15 is 0 Å². The summed E-state index contributed by atoms with van der Waals surface area (Å²) in [7, 11) is 1.67. The fourth-order valence-electron chi connectivity index (χ4n) is 6.67. The maximum absolute atomic E-state index is 13.7. The van der Waals surface area contributed by atoms with Gasteiger partial charge in [-0.2, -0.15) is 13.2 Å². The van der Waals surface area contributed by atoms with Crippen molar-refractivity contribution >= 4 is 5.91 Å². The van der Waals surface area contributed by atoms with Crippen molar-refractivity contribution < 1.29 is 32.5 Å². The normalized spacial score (nSPS) is 38.6. The molecule has 0 aromatic heterocycles. The van der Waals surface area contributed by atoms with Gasteiger partial charge in [0.15, 0.2) is 0 Å². The van der Waals surface area contributed by atoms with Crippen LogP contribution in [0.5, 0.6) is 0 Å². The second kappa shape index (κ2) is 8.22. The van der Waals surface area contributed by atoms with Gasteiger partial charge in [0.05, 0.1) is 29.7 Å². The number of nitrogens with one attached hydrogen (secondary N) is 1. The van der Waals surface area contributed by atoms with E-state index in [9.17, 15) is 23.1 Å². The van der Waals surface area contributed by atoms with Gasteiger partial charge in [-0.05, 0) is 54.9 Å². The molecule has 5 rings (SSSR count). The summed E-state index contributed by atoms with van der Waals surface area (Å²) >= 11 is 0. The number of rotatable bonds is 3. The van der Waals surface area contributed by atoms with E-state index in [4.69, 9.17) is 9.47 Å². The number of aliphatic hydroxyl groups is 1. The van der Waals surface area contributed by atoms with Crippen LogP contribution in [0.25, 0.3) is 0 Å². The minimum absolute atomic E-state index is 0.0301. The summed E-state index contributed by atoms with van der Waals surface area (Å²) in [5.74, 6) is -0.142. The second-order valence-electron chi connectivity index (χ2n) is 10.1. The Morgan fingerprint density at radius 3 is 2.82 bits per heavy atom. The van der Waals surface area contributed by atoms with Crippen LogP contribution >= 0.6 is 0 Å². The standard InChI is InChI=1S/C24H31F3N2O4/c1-13-20-21(30)17-4-3-15(24(25,26)27)9-14(17)11-29(20)22(31)23(13)7-5-16(10-23)28-18-6-8-33-12-19(18)32-2/h3-4,9,13,16,18-21,28,30H,5-8,10-12H2,1-2H3/t13?,16-,18+,19-,20?,21?,23+/m1/s1. The third-order valence-corrected chi connectivity index (χ3v) is 8.49. The first kappa shape index (κ1) is 23.1. The molecule has 3 unspecified atom stereocenters. The van der Waals surface area contributed by atoms with Gasteiger partial charge in [-0.1, -0.05) is 13.0 Å². The van der Waals surface area contributed by atoms with Gasteiger partial charge in [0, 0.05) is 32.3 Å². The Morgan fingerprint density at radius 2 is 2.09 bits per heavy atom. The number of halogens is 3.